The summed E-state index contributed by atoms with van der Waals surface area (Å²) < 4.78 is 41.1. The molecule has 102 valence electrons. The Balaban J connectivity index is 2.80. The molecule has 0 aromatic heterocycles. The molecule has 1 aromatic carbocycles. The smallest absolute Gasteiger partial charge is 0.392 e. The summed E-state index contributed by atoms with van der Waals surface area (Å²) in [6, 6.07) is 3.01. The van der Waals surface area contributed by atoms with Crippen LogP contribution in [-0.4, -0.2) is 19.3 Å². The second-order valence-electron chi connectivity index (χ2n) is 3.63. The molecule has 2 N–H and O–H groups in total. The number of halogens is 5. The van der Waals surface area contributed by atoms with Gasteiger partial charge in [0.2, 0.25) is 0 Å². The minimum absolute atomic E-state index is 0.188. The van der Waals surface area contributed by atoms with Crippen LogP contribution in [0.5, 0.6) is 5.75 Å². The first-order chi connectivity index (χ1) is 8.33. The highest BCUT2D eigenvalue weighted by Crippen LogP contribution is 2.33. The summed E-state index contributed by atoms with van der Waals surface area (Å²) in [4.78, 5) is 0. The van der Waals surface area contributed by atoms with Crippen molar-refractivity contribution in [2.75, 3.05) is 13.2 Å². The van der Waals surface area contributed by atoms with Crippen LogP contribution in [0.1, 0.15) is 12.0 Å². The fraction of sp³-hybridized carbons (Fsp3) is 0.455. The van der Waals surface area contributed by atoms with Gasteiger partial charge in [0.25, 0.3) is 0 Å². The lowest BCUT2D eigenvalue weighted by Crippen LogP contribution is -2.14. The van der Waals surface area contributed by atoms with Gasteiger partial charge < -0.3 is 10.5 Å². The lowest BCUT2D eigenvalue weighted by Gasteiger charge is -2.14. The van der Waals surface area contributed by atoms with Crippen LogP contribution in [0.4, 0.5) is 13.2 Å². The van der Waals surface area contributed by atoms with E-state index in [2.05, 4.69) is 0 Å². The molecule has 0 unspecified atom stereocenters. The van der Waals surface area contributed by atoms with Crippen molar-refractivity contribution in [2.45, 2.75) is 19.0 Å². The Hall–Kier alpha value is -0.650. The highest BCUT2D eigenvalue weighted by Gasteiger charge is 2.27. The molecule has 1 aromatic rings. The third-order valence-electron chi connectivity index (χ3n) is 2.13. The normalized spacial score (nSPS) is 11.7. The van der Waals surface area contributed by atoms with Crippen molar-refractivity contribution in [1.29, 1.82) is 0 Å². The molecule has 1 rings (SSSR count). The van der Waals surface area contributed by atoms with Crippen LogP contribution >= 0.6 is 23.2 Å². The maximum atomic E-state index is 12.0. The maximum Gasteiger partial charge on any atom is 0.392 e. The van der Waals surface area contributed by atoms with Crippen LogP contribution in [-0.2, 0) is 6.42 Å². The highest BCUT2D eigenvalue weighted by atomic mass is 35.5. The average Bonchev–Trinajstić information content (AvgIpc) is 2.20. The lowest BCUT2D eigenvalue weighted by molar-refractivity contribution is -0.139. The van der Waals surface area contributed by atoms with E-state index in [0.717, 1.165) is 0 Å². The Bertz CT molecular complexity index is 410. The first-order valence-electron chi connectivity index (χ1n) is 5.21. The second-order valence-corrected chi connectivity index (χ2v) is 4.47. The average molecular weight is 302 g/mol. The predicted octanol–water partition coefficient (Wildman–Crippen LogP) is 3.83. The SMILES string of the molecule is NCCc1cc(Cl)cc(Cl)c1OCCC(F)(F)F. The zero-order valence-electron chi connectivity index (χ0n) is 9.36. The van der Waals surface area contributed by atoms with Crippen molar-refractivity contribution in [3.63, 3.8) is 0 Å². The minimum Gasteiger partial charge on any atom is -0.491 e. The van der Waals surface area contributed by atoms with E-state index in [-0.39, 0.29) is 10.8 Å². The Labute approximate surface area is 113 Å². The van der Waals surface area contributed by atoms with E-state index >= 15 is 0 Å². The van der Waals surface area contributed by atoms with E-state index in [1.807, 2.05) is 0 Å². The number of benzene rings is 1. The highest BCUT2D eigenvalue weighted by molar-refractivity contribution is 6.35. The van der Waals surface area contributed by atoms with Crippen molar-refractivity contribution >= 4 is 23.2 Å². The Morgan fingerprint density at radius 1 is 1.22 bits per heavy atom. The van der Waals surface area contributed by atoms with Gasteiger partial charge in [-0.3, -0.25) is 0 Å². The third kappa shape index (κ3) is 4.92. The third-order valence-corrected chi connectivity index (χ3v) is 2.63. The molecular formula is C11H12Cl2F3NO. The van der Waals surface area contributed by atoms with E-state index < -0.39 is 19.2 Å². The zero-order chi connectivity index (χ0) is 13.8. The molecule has 0 amide bonds. The summed E-state index contributed by atoms with van der Waals surface area (Å²) in [6.45, 7) is -0.158. The molecule has 0 fully saturated rings. The van der Waals surface area contributed by atoms with E-state index in [9.17, 15) is 13.2 Å². The lowest BCUT2D eigenvalue weighted by atomic mass is 10.1. The molecular weight excluding hydrogens is 290 g/mol. The summed E-state index contributed by atoms with van der Waals surface area (Å²) in [6.07, 6.45) is -4.86. The fourth-order valence-electron chi connectivity index (χ4n) is 1.39. The van der Waals surface area contributed by atoms with Crippen LogP contribution in [0.3, 0.4) is 0 Å². The minimum atomic E-state index is -4.26. The quantitative estimate of drug-likeness (QED) is 0.897. The van der Waals surface area contributed by atoms with Crippen molar-refractivity contribution in [3.05, 3.63) is 27.7 Å². The Morgan fingerprint density at radius 2 is 1.89 bits per heavy atom. The molecule has 0 bridgehead atoms. The number of hydrogen-bond donors (Lipinski definition) is 1. The van der Waals surface area contributed by atoms with Gasteiger partial charge in [0, 0.05) is 5.02 Å². The van der Waals surface area contributed by atoms with Crippen LogP contribution in [0, 0.1) is 0 Å². The first-order valence-corrected chi connectivity index (χ1v) is 5.96. The molecule has 0 radical (unpaired) electrons. The molecule has 0 saturated carbocycles. The van der Waals surface area contributed by atoms with E-state index in [1.54, 1.807) is 6.07 Å². The van der Waals surface area contributed by atoms with Gasteiger partial charge in [-0.1, -0.05) is 23.2 Å². The van der Waals surface area contributed by atoms with Gasteiger partial charge in [0.1, 0.15) is 5.75 Å². The summed E-state index contributed by atoms with van der Waals surface area (Å²) >= 11 is 11.7. The number of rotatable bonds is 5. The molecule has 0 heterocycles. The van der Waals surface area contributed by atoms with Gasteiger partial charge in [-0.05, 0) is 30.7 Å². The molecule has 0 aliphatic carbocycles. The van der Waals surface area contributed by atoms with Crippen LogP contribution in [0.2, 0.25) is 10.0 Å². The second kappa shape index (κ2) is 6.50. The summed E-state index contributed by atoms with van der Waals surface area (Å²) in [5, 5.41) is 0.583. The monoisotopic (exact) mass is 301 g/mol. The zero-order valence-corrected chi connectivity index (χ0v) is 10.9. The molecule has 7 heteroatoms. The number of nitrogens with two attached hydrogens (primary N) is 1. The largest absolute Gasteiger partial charge is 0.491 e. The van der Waals surface area contributed by atoms with Gasteiger partial charge in [-0.15, -0.1) is 0 Å². The molecule has 0 aliphatic rings. The molecule has 0 aliphatic heterocycles. The van der Waals surface area contributed by atoms with Crippen LogP contribution in [0.25, 0.3) is 0 Å². The van der Waals surface area contributed by atoms with Crippen molar-refractivity contribution < 1.29 is 17.9 Å². The first kappa shape index (κ1) is 15.4. The van der Waals surface area contributed by atoms with Crippen molar-refractivity contribution in [3.8, 4) is 5.75 Å². The molecule has 2 nitrogen and oxygen atoms in total. The van der Waals surface area contributed by atoms with Crippen molar-refractivity contribution in [2.24, 2.45) is 5.73 Å². The van der Waals surface area contributed by atoms with Gasteiger partial charge in [-0.25, -0.2) is 0 Å². The summed E-state index contributed by atoms with van der Waals surface area (Å²) in [5.74, 6) is 0.218. The van der Waals surface area contributed by atoms with E-state index in [4.69, 9.17) is 33.7 Å². The van der Waals surface area contributed by atoms with Gasteiger partial charge in [0.15, 0.2) is 0 Å². The molecule has 18 heavy (non-hydrogen) atoms. The van der Waals surface area contributed by atoms with Crippen LogP contribution < -0.4 is 10.5 Å². The van der Waals surface area contributed by atoms with E-state index in [0.29, 0.717) is 23.6 Å². The Morgan fingerprint density at radius 3 is 2.44 bits per heavy atom. The fourth-order valence-corrected chi connectivity index (χ4v) is 1.98. The topological polar surface area (TPSA) is 35.2 Å². The van der Waals surface area contributed by atoms with Crippen molar-refractivity contribution in [1.82, 2.24) is 0 Å². The van der Waals surface area contributed by atoms with Crippen LogP contribution in [0.15, 0.2) is 12.1 Å². The summed E-state index contributed by atoms with van der Waals surface area (Å²) in [5.41, 5.74) is 6.01. The predicted molar refractivity (Wildman–Crippen MR) is 65.4 cm³/mol. The number of hydrogen-bond acceptors (Lipinski definition) is 2. The number of ether oxygens (including phenoxy) is 1. The van der Waals surface area contributed by atoms with Gasteiger partial charge in [-0.2, -0.15) is 13.2 Å². The molecule has 0 atom stereocenters. The van der Waals surface area contributed by atoms with Gasteiger partial charge in [0.05, 0.1) is 18.1 Å². The van der Waals surface area contributed by atoms with E-state index in [1.165, 1.54) is 6.07 Å². The molecule has 0 spiro atoms. The molecule has 0 saturated heterocycles. The maximum absolute atomic E-state index is 12.0. The number of alkyl halides is 3. The van der Waals surface area contributed by atoms with Gasteiger partial charge >= 0.3 is 6.18 Å². The Kier molecular flexibility index (Phi) is 5.56. The summed E-state index contributed by atoms with van der Waals surface area (Å²) in [7, 11) is 0. The standard InChI is InChI=1S/C11H12Cl2F3NO/c12-8-5-7(1-3-17)10(9(13)6-8)18-4-2-11(14,15)16/h5-6H,1-4,17H2.